The van der Waals surface area contributed by atoms with E-state index in [1.807, 2.05) is 84.9 Å². The molecule has 0 fully saturated rings. The molecule has 0 aromatic heterocycles. The lowest BCUT2D eigenvalue weighted by atomic mass is 9.67. The van der Waals surface area contributed by atoms with Crippen molar-refractivity contribution in [1.82, 2.24) is 0 Å². The summed E-state index contributed by atoms with van der Waals surface area (Å²) in [4.78, 5) is 4.18. The van der Waals surface area contributed by atoms with Crippen LogP contribution in [0.15, 0.2) is 292 Å². The Labute approximate surface area is 490 Å². The monoisotopic (exact) mass is 1080 g/mol. The highest BCUT2D eigenvalue weighted by molar-refractivity contribution is 5.92. The zero-order valence-corrected chi connectivity index (χ0v) is 46.8. The van der Waals surface area contributed by atoms with E-state index >= 15 is 8.78 Å². The number of fused-ring (bicyclic) bond motifs is 6. The first-order valence-electron chi connectivity index (χ1n) is 28.6. The number of rotatable bonds is 13. The Morgan fingerprint density at radius 1 is 0.286 bits per heavy atom. The van der Waals surface area contributed by atoms with Gasteiger partial charge < -0.3 is 9.80 Å². The number of para-hydroxylation sites is 2. The van der Waals surface area contributed by atoms with Crippen LogP contribution in [0.25, 0.3) is 45.5 Å². The second-order valence-electron chi connectivity index (χ2n) is 22.1. The molecular weight excluding hydrogens is 1030 g/mol. The summed E-state index contributed by atoms with van der Waals surface area (Å²) in [6, 6.07) is 96.1. The topological polar surface area (TPSA) is 6.48 Å². The van der Waals surface area contributed by atoms with Gasteiger partial charge in [-0.25, -0.2) is 8.78 Å². The molecule has 0 saturated heterocycles. The lowest BCUT2D eigenvalue weighted by molar-refractivity contribution is 0.616. The molecule has 0 heterocycles. The lowest BCUT2D eigenvalue weighted by Gasteiger charge is -2.35. The van der Waals surface area contributed by atoms with Crippen molar-refractivity contribution in [2.45, 2.75) is 24.7 Å². The molecule has 0 N–H and O–H groups in total. The molecule has 12 aromatic carbocycles. The van der Waals surface area contributed by atoms with Gasteiger partial charge >= 0.3 is 0 Å². The molecule has 0 spiro atoms. The molecule has 4 heteroatoms. The van der Waals surface area contributed by atoms with E-state index in [0.717, 1.165) is 78.4 Å². The van der Waals surface area contributed by atoms with Crippen LogP contribution in [-0.4, -0.2) is 0 Å². The molecule has 2 aliphatic carbocycles. The molecule has 2 nitrogen and oxygen atoms in total. The SMILES string of the molecule is C=Cc1ccc(C2(c3ccc(C)cc3)c3ccccc3-c3ccc(N(c4ccccc4)c4ccc(-c5ccc(N(c6ccccc6)c6ccc7c(c6)C(c6ccc(C)cc6)(c6ccc(C=C)cc6)c6ccccc6-7)cc5F)c(F)c4)cc32)cc1. The fraction of sp³-hybridized carbons (Fsp3) is 0.0500. The van der Waals surface area contributed by atoms with E-state index in [1.54, 1.807) is 12.1 Å². The van der Waals surface area contributed by atoms with Crippen LogP contribution < -0.4 is 9.80 Å². The van der Waals surface area contributed by atoms with Crippen LogP contribution in [-0.2, 0) is 10.8 Å². The second-order valence-corrected chi connectivity index (χ2v) is 22.1. The van der Waals surface area contributed by atoms with E-state index < -0.39 is 22.5 Å². The average molecular weight is 1090 g/mol. The summed E-state index contributed by atoms with van der Waals surface area (Å²) >= 11 is 0. The van der Waals surface area contributed by atoms with Crippen LogP contribution >= 0.6 is 0 Å². The van der Waals surface area contributed by atoms with Crippen LogP contribution in [0.5, 0.6) is 0 Å². The van der Waals surface area contributed by atoms with Gasteiger partial charge in [0.2, 0.25) is 0 Å². The van der Waals surface area contributed by atoms with Gasteiger partial charge in [0.15, 0.2) is 0 Å². The maximum absolute atomic E-state index is 17.4. The van der Waals surface area contributed by atoms with Gasteiger partial charge in [-0.15, -0.1) is 0 Å². The predicted octanol–water partition coefficient (Wildman–Crippen LogP) is 21.2. The Hall–Kier alpha value is -10.4. The average Bonchev–Trinajstić information content (AvgIpc) is 2.51. The van der Waals surface area contributed by atoms with Crippen LogP contribution in [0.2, 0.25) is 0 Å². The summed E-state index contributed by atoms with van der Waals surface area (Å²) in [5.41, 5.74) is 21.8. The van der Waals surface area contributed by atoms with E-state index in [0.29, 0.717) is 11.4 Å². The zero-order chi connectivity index (χ0) is 57.1. The summed E-state index contributed by atoms with van der Waals surface area (Å²) in [5.74, 6) is -1.09. The third-order valence-electron chi connectivity index (χ3n) is 17.4. The molecule has 0 saturated carbocycles. The van der Waals surface area contributed by atoms with E-state index in [2.05, 4.69) is 219 Å². The third-order valence-corrected chi connectivity index (χ3v) is 17.4. The highest BCUT2D eigenvalue weighted by Gasteiger charge is 2.48. The minimum absolute atomic E-state index is 0.161. The molecule has 0 aliphatic heterocycles. The van der Waals surface area contributed by atoms with Crippen LogP contribution in [0, 0.1) is 25.5 Å². The number of anilines is 6. The normalized spacial score (nSPS) is 15.3. The first kappa shape index (κ1) is 51.7. The van der Waals surface area contributed by atoms with Crippen molar-refractivity contribution >= 4 is 46.3 Å². The Kier molecular flexibility index (Phi) is 12.8. The number of benzene rings is 12. The van der Waals surface area contributed by atoms with Gasteiger partial charge in [-0.05, 0) is 177 Å². The van der Waals surface area contributed by atoms with Crippen LogP contribution in [0.1, 0.15) is 66.8 Å². The van der Waals surface area contributed by atoms with Crippen molar-refractivity contribution < 1.29 is 8.78 Å². The fourth-order valence-corrected chi connectivity index (χ4v) is 13.5. The largest absolute Gasteiger partial charge is 0.310 e. The van der Waals surface area contributed by atoms with E-state index in [1.165, 1.54) is 45.5 Å². The molecule has 2 atom stereocenters. The summed E-state index contributed by atoms with van der Waals surface area (Å²) < 4.78 is 34.8. The van der Waals surface area contributed by atoms with Gasteiger partial charge in [-0.3, -0.25) is 0 Å². The molecule has 2 unspecified atom stereocenters. The van der Waals surface area contributed by atoms with Gasteiger partial charge in [-0.1, -0.05) is 231 Å². The van der Waals surface area contributed by atoms with Crippen molar-refractivity contribution in [2.75, 3.05) is 9.80 Å². The molecule has 84 heavy (non-hydrogen) atoms. The van der Waals surface area contributed by atoms with Crippen molar-refractivity contribution in [1.29, 1.82) is 0 Å². The maximum Gasteiger partial charge on any atom is 0.133 e. The van der Waals surface area contributed by atoms with Crippen molar-refractivity contribution in [3.05, 3.63) is 371 Å². The van der Waals surface area contributed by atoms with Crippen LogP contribution in [0.3, 0.4) is 0 Å². The molecular formula is C80H58F2N2. The van der Waals surface area contributed by atoms with E-state index in [4.69, 9.17) is 0 Å². The number of nitrogens with zero attached hydrogens (tertiary/aromatic N) is 2. The molecule has 0 radical (unpaired) electrons. The maximum atomic E-state index is 17.4. The third kappa shape index (κ3) is 8.28. The number of hydrogen-bond acceptors (Lipinski definition) is 2. The van der Waals surface area contributed by atoms with Gasteiger partial charge in [0.25, 0.3) is 0 Å². The number of aryl methyl sites for hydroxylation is 2. The first-order valence-corrected chi connectivity index (χ1v) is 28.6. The quantitative estimate of drug-likeness (QED) is 0.114. The standard InChI is InChI=1S/C80H58F2N2/c1-5-55-29-37-59(38-30-55)79(57-33-25-53(3)26-34-57)73-23-15-13-21-67(73)69-45-41-63(49-75(69)79)83(61-17-9-7-10-18-61)65-43-47-71(77(81)51-65)72-48-44-66(52-78(72)82)84(62-19-11-8-12-20-62)64-42-46-70-68-22-14-16-24-74(68)80(76(70)50-64,58-35-27-54(4)28-36-58)60-39-31-56(6-2)32-40-60/h5-52H,1-2H2,3-4H3. The number of halogens is 2. The van der Waals surface area contributed by atoms with Gasteiger partial charge in [0.05, 0.1) is 10.8 Å². The Morgan fingerprint density at radius 3 is 0.929 bits per heavy atom. The molecule has 0 amide bonds. The van der Waals surface area contributed by atoms with E-state index in [9.17, 15) is 0 Å². The summed E-state index contributed by atoms with van der Waals surface area (Å²) in [6.45, 7) is 12.3. The minimum atomic E-state index is -0.677. The smallest absolute Gasteiger partial charge is 0.133 e. The molecule has 2 aliphatic rings. The molecule has 0 bridgehead atoms. The Morgan fingerprint density at radius 2 is 0.583 bits per heavy atom. The van der Waals surface area contributed by atoms with Crippen molar-refractivity contribution in [3.63, 3.8) is 0 Å². The highest BCUT2D eigenvalue weighted by atomic mass is 19.1. The van der Waals surface area contributed by atoms with Crippen molar-refractivity contribution in [3.8, 4) is 33.4 Å². The minimum Gasteiger partial charge on any atom is -0.310 e. The van der Waals surface area contributed by atoms with E-state index in [-0.39, 0.29) is 11.1 Å². The van der Waals surface area contributed by atoms with Gasteiger partial charge in [0, 0.05) is 45.3 Å². The fourth-order valence-electron chi connectivity index (χ4n) is 13.5. The Bertz CT molecular complexity index is 4200. The number of hydrogen-bond donors (Lipinski definition) is 0. The molecule has 12 aromatic rings. The lowest BCUT2D eigenvalue weighted by Crippen LogP contribution is -2.29. The summed E-state index contributed by atoms with van der Waals surface area (Å²) in [6.07, 6.45) is 3.75. The summed E-state index contributed by atoms with van der Waals surface area (Å²) in [7, 11) is 0. The van der Waals surface area contributed by atoms with Gasteiger partial charge in [-0.2, -0.15) is 0 Å². The Balaban J connectivity index is 0.872. The molecule has 402 valence electrons. The highest BCUT2D eigenvalue weighted by Crippen LogP contribution is 2.59. The zero-order valence-electron chi connectivity index (χ0n) is 46.8. The van der Waals surface area contributed by atoms with Gasteiger partial charge in [0.1, 0.15) is 11.6 Å². The van der Waals surface area contributed by atoms with Crippen molar-refractivity contribution in [2.24, 2.45) is 0 Å². The summed E-state index contributed by atoms with van der Waals surface area (Å²) in [5, 5.41) is 0. The predicted molar refractivity (Wildman–Crippen MR) is 345 cm³/mol. The molecule has 14 rings (SSSR count). The first-order chi connectivity index (χ1) is 41.2. The second kappa shape index (κ2) is 20.8. The van der Waals surface area contributed by atoms with Crippen LogP contribution in [0.4, 0.5) is 42.9 Å².